The first-order valence-electron chi connectivity index (χ1n) is 11.6. The fourth-order valence-electron chi connectivity index (χ4n) is 4.27. The van der Waals surface area contributed by atoms with Crippen LogP contribution in [0.1, 0.15) is 39.3 Å². The molecule has 176 valence electrons. The van der Waals surface area contributed by atoms with Gasteiger partial charge in [-0.2, -0.15) is 5.10 Å². The summed E-state index contributed by atoms with van der Waals surface area (Å²) in [4.78, 5) is 11.9. The van der Waals surface area contributed by atoms with Gasteiger partial charge in [-0.15, -0.1) is 0 Å². The second-order valence-electron chi connectivity index (χ2n) is 9.22. The highest BCUT2D eigenvalue weighted by molar-refractivity contribution is 5.95. The Morgan fingerprint density at radius 2 is 2.00 bits per heavy atom. The highest BCUT2D eigenvalue weighted by Crippen LogP contribution is 2.36. The smallest absolute Gasteiger partial charge is 0.150 e. The summed E-state index contributed by atoms with van der Waals surface area (Å²) in [5, 5.41) is 15.7. The monoisotopic (exact) mass is 453 g/mol. The highest BCUT2D eigenvalue weighted by Gasteiger charge is 2.24. The Balaban J connectivity index is 1.62. The third kappa shape index (κ3) is 4.80. The number of hydrogen-bond acceptors (Lipinski definition) is 8. The first-order valence-corrected chi connectivity index (χ1v) is 11.6. The number of aliphatic hydroxyl groups is 1. The molecule has 0 aliphatic carbocycles. The number of pyridine rings is 2. The zero-order valence-electron chi connectivity index (χ0n) is 19.2. The first kappa shape index (κ1) is 22.1. The molecule has 5 heterocycles. The van der Waals surface area contributed by atoms with Crippen molar-refractivity contribution in [3.05, 3.63) is 30.6 Å². The Hall–Kier alpha value is -2.75. The predicted octanol–water partition coefficient (Wildman–Crippen LogP) is 3.18. The van der Waals surface area contributed by atoms with Crippen LogP contribution >= 0.6 is 0 Å². The van der Waals surface area contributed by atoms with E-state index in [9.17, 15) is 5.11 Å². The number of nitrogens with zero attached hydrogens (tertiary/aromatic N) is 5. The number of rotatable bonds is 6. The molecular formula is C24H31N5O4. The van der Waals surface area contributed by atoms with Gasteiger partial charge in [-0.25, -0.2) is 9.67 Å². The minimum absolute atomic E-state index is 0.103. The number of ether oxygens (including phenoxy) is 3. The van der Waals surface area contributed by atoms with Gasteiger partial charge in [-0.1, -0.05) is 0 Å². The fourth-order valence-corrected chi connectivity index (χ4v) is 4.27. The van der Waals surface area contributed by atoms with E-state index in [0.717, 1.165) is 67.1 Å². The molecule has 0 spiro atoms. The van der Waals surface area contributed by atoms with Crippen molar-refractivity contribution in [2.75, 3.05) is 44.4 Å². The maximum absolute atomic E-state index is 10.2. The van der Waals surface area contributed by atoms with Crippen molar-refractivity contribution in [3.63, 3.8) is 0 Å². The molecule has 0 bridgehead atoms. The quantitative estimate of drug-likeness (QED) is 0.608. The average molecular weight is 454 g/mol. The zero-order chi connectivity index (χ0) is 22.8. The van der Waals surface area contributed by atoms with Crippen LogP contribution in [0.25, 0.3) is 22.3 Å². The highest BCUT2D eigenvalue weighted by atomic mass is 16.5. The SMILES string of the molecule is CC(C)(O)COc1cc(N2CCOCC2)nc2c(-c3ccnn3C3CCCCO3)nccc12. The molecule has 9 nitrogen and oxygen atoms in total. The Morgan fingerprint density at radius 1 is 1.15 bits per heavy atom. The predicted molar refractivity (Wildman–Crippen MR) is 124 cm³/mol. The average Bonchev–Trinajstić information content (AvgIpc) is 3.32. The molecule has 2 aliphatic rings. The maximum Gasteiger partial charge on any atom is 0.150 e. The summed E-state index contributed by atoms with van der Waals surface area (Å²) >= 11 is 0. The van der Waals surface area contributed by atoms with E-state index in [-0.39, 0.29) is 12.8 Å². The molecule has 3 aromatic heterocycles. The van der Waals surface area contributed by atoms with Crippen molar-refractivity contribution >= 4 is 16.7 Å². The summed E-state index contributed by atoms with van der Waals surface area (Å²) in [5.41, 5.74) is 1.39. The molecule has 0 saturated carbocycles. The molecule has 0 aromatic carbocycles. The van der Waals surface area contributed by atoms with Gasteiger partial charge in [0.05, 0.1) is 24.5 Å². The summed E-state index contributed by atoms with van der Waals surface area (Å²) in [6, 6.07) is 5.82. The van der Waals surface area contributed by atoms with Gasteiger partial charge in [0, 0.05) is 43.5 Å². The molecule has 5 rings (SSSR count). The molecule has 3 aromatic rings. The van der Waals surface area contributed by atoms with Gasteiger partial charge in [-0.3, -0.25) is 4.98 Å². The van der Waals surface area contributed by atoms with Crippen LogP contribution < -0.4 is 9.64 Å². The van der Waals surface area contributed by atoms with E-state index in [0.29, 0.717) is 19.0 Å². The lowest BCUT2D eigenvalue weighted by molar-refractivity contribution is -0.0383. The number of hydrogen-bond donors (Lipinski definition) is 1. The van der Waals surface area contributed by atoms with Crippen LogP contribution in [0.5, 0.6) is 5.75 Å². The number of aromatic nitrogens is 4. The second kappa shape index (κ2) is 9.24. The van der Waals surface area contributed by atoms with Gasteiger partial charge in [0.2, 0.25) is 0 Å². The van der Waals surface area contributed by atoms with E-state index in [1.807, 2.05) is 22.9 Å². The molecule has 1 atom stereocenters. The van der Waals surface area contributed by atoms with Crippen molar-refractivity contribution in [2.24, 2.45) is 0 Å². The summed E-state index contributed by atoms with van der Waals surface area (Å²) in [7, 11) is 0. The lowest BCUT2D eigenvalue weighted by atomic mass is 10.1. The minimum Gasteiger partial charge on any atom is -0.490 e. The van der Waals surface area contributed by atoms with Crippen LogP contribution in [-0.2, 0) is 9.47 Å². The first-order chi connectivity index (χ1) is 16.0. The Labute approximate surface area is 193 Å². The van der Waals surface area contributed by atoms with Gasteiger partial charge in [0.1, 0.15) is 29.4 Å². The van der Waals surface area contributed by atoms with Crippen LogP contribution in [0.2, 0.25) is 0 Å². The zero-order valence-corrected chi connectivity index (χ0v) is 19.2. The van der Waals surface area contributed by atoms with E-state index < -0.39 is 5.60 Å². The molecule has 2 saturated heterocycles. The third-order valence-corrected chi connectivity index (χ3v) is 5.93. The normalized spacial score (nSPS) is 19.7. The molecule has 2 fully saturated rings. The summed E-state index contributed by atoms with van der Waals surface area (Å²) in [6.45, 7) is 7.20. The Bertz CT molecular complexity index is 1100. The van der Waals surface area contributed by atoms with Gasteiger partial charge in [0.15, 0.2) is 6.23 Å². The van der Waals surface area contributed by atoms with Crippen molar-refractivity contribution in [1.82, 2.24) is 19.7 Å². The lowest BCUT2D eigenvalue weighted by Crippen LogP contribution is -2.36. The van der Waals surface area contributed by atoms with Gasteiger partial charge >= 0.3 is 0 Å². The van der Waals surface area contributed by atoms with Crippen LogP contribution in [0.15, 0.2) is 30.6 Å². The summed E-state index contributed by atoms with van der Waals surface area (Å²) < 4.78 is 19.5. The molecule has 1 N–H and O–H groups in total. The number of morpholine rings is 1. The largest absolute Gasteiger partial charge is 0.490 e. The molecule has 1 unspecified atom stereocenters. The molecule has 0 radical (unpaired) electrons. The van der Waals surface area contributed by atoms with E-state index in [2.05, 4.69) is 10.00 Å². The van der Waals surface area contributed by atoms with Crippen molar-refractivity contribution in [2.45, 2.75) is 44.9 Å². The fraction of sp³-hybridized carbons (Fsp3) is 0.542. The topological polar surface area (TPSA) is 94.8 Å². The van der Waals surface area contributed by atoms with Gasteiger partial charge in [0.25, 0.3) is 0 Å². The second-order valence-corrected chi connectivity index (χ2v) is 9.22. The molecule has 0 amide bonds. The van der Waals surface area contributed by atoms with Crippen LogP contribution in [0.4, 0.5) is 5.82 Å². The lowest BCUT2D eigenvalue weighted by Gasteiger charge is -2.29. The van der Waals surface area contributed by atoms with Crippen LogP contribution in [0, 0.1) is 0 Å². The van der Waals surface area contributed by atoms with E-state index in [1.165, 1.54) is 0 Å². The standard InChI is InChI=1S/C24H31N5O4/c1-24(2,30)16-33-19-15-20(28-10-13-31-14-11-28)27-22-17(19)6-8-25-23(22)18-7-9-26-29(18)21-5-3-4-12-32-21/h6-9,15,21,30H,3-5,10-14,16H2,1-2H3. The Kier molecular flexibility index (Phi) is 6.18. The number of fused-ring (bicyclic) bond motifs is 1. The molecule has 33 heavy (non-hydrogen) atoms. The molecule has 2 aliphatic heterocycles. The molecular weight excluding hydrogens is 422 g/mol. The third-order valence-electron chi connectivity index (χ3n) is 5.93. The van der Waals surface area contributed by atoms with E-state index in [1.54, 1.807) is 26.2 Å². The van der Waals surface area contributed by atoms with Crippen molar-refractivity contribution in [3.8, 4) is 17.1 Å². The van der Waals surface area contributed by atoms with E-state index >= 15 is 0 Å². The van der Waals surface area contributed by atoms with Gasteiger partial charge < -0.3 is 24.2 Å². The summed E-state index contributed by atoms with van der Waals surface area (Å²) in [6.07, 6.45) is 6.56. The molecule has 9 heteroatoms. The van der Waals surface area contributed by atoms with E-state index in [4.69, 9.17) is 24.2 Å². The Morgan fingerprint density at radius 3 is 2.76 bits per heavy atom. The maximum atomic E-state index is 10.2. The van der Waals surface area contributed by atoms with Crippen molar-refractivity contribution in [1.29, 1.82) is 0 Å². The van der Waals surface area contributed by atoms with Crippen LogP contribution in [0.3, 0.4) is 0 Å². The van der Waals surface area contributed by atoms with Gasteiger partial charge in [-0.05, 0) is 45.2 Å². The minimum atomic E-state index is -0.957. The van der Waals surface area contributed by atoms with Crippen molar-refractivity contribution < 1.29 is 19.3 Å². The summed E-state index contributed by atoms with van der Waals surface area (Å²) in [5.74, 6) is 1.48. The number of anilines is 1. The van der Waals surface area contributed by atoms with Crippen LogP contribution in [-0.4, -0.2) is 70.0 Å².